The van der Waals surface area contributed by atoms with Crippen molar-refractivity contribution in [3.05, 3.63) is 0 Å². The zero-order chi connectivity index (χ0) is 5.54. The Kier molecular flexibility index (Phi) is 51.2. The van der Waals surface area contributed by atoms with Crippen LogP contribution in [0.4, 0.5) is 0 Å². The number of hydrogen-bond donors (Lipinski definition) is 0. The lowest BCUT2D eigenvalue weighted by molar-refractivity contribution is 0.356. The van der Waals surface area contributed by atoms with Gasteiger partial charge in [-0.05, 0) is 6.42 Å². The van der Waals surface area contributed by atoms with E-state index < -0.39 is 0 Å². The highest BCUT2D eigenvalue weighted by Gasteiger charge is 1.80. The smallest absolute Gasteiger partial charge is 0.0501 e. The molecule has 1 atom stereocenters. The molecule has 0 saturated carbocycles. The van der Waals surface area contributed by atoms with Gasteiger partial charge in [-0.3, -0.25) is 0 Å². The van der Waals surface area contributed by atoms with Crippen LogP contribution in [0, 0.1) is 0 Å². The van der Waals surface area contributed by atoms with Crippen LogP contribution in [-0.2, 0) is 4.52 Å². The van der Waals surface area contributed by atoms with E-state index in [0.717, 1.165) is 6.61 Å². The van der Waals surface area contributed by atoms with Crippen LogP contribution in [0.5, 0.6) is 0 Å². The molecule has 0 bridgehead atoms. The molecule has 0 aliphatic carbocycles. The summed E-state index contributed by atoms with van der Waals surface area (Å²) < 4.78 is 4.76. The molecule has 0 spiro atoms. The van der Waals surface area contributed by atoms with E-state index in [1.54, 1.807) is 0 Å². The molecule has 0 heterocycles. The average Bonchev–Trinajstić information content (AvgIpc) is 1.69. The summed E-state index contributed by atoms with van der Waals surface area (Å²) in [5.41, 5.74) is 0. The van der Waals surface area contributed by atoms with Gasteiger partial charge in [0, 0.05) is 9.47 Å². The fraction of sp³-hybridized carbons (Fsp3) is 1.00. The monoisotopic (exact) mass is 174 g/mol. The molecule has 0 aromatic rings. The van der Waals surface area contributed by atoms with Gasteiger partial charge in [0.25, 0.3) is 0 Å². The van der Waals surface area contributed by atoms with E-state index in [1.165, 1.54) is 19.3 Å². The van der Waals surface area contributed by atoms with Crippen LogP contribution >= 0.6 is 9.47 Å². The first-order valence-electron chi connectivity index (χ1n) is 2.73. The van der Waals surface area contributed by atoms with Crippen molar-refractivity contribution in [2.24, 2.45) is 0 Å². The largest absolute Gasteiger partial charge is 0.412 e. The first-order valence-corrected chi connectivity index (χ1v) is 3.20. The third-order valence-electron chi connectivity index (χ3n) is 0.866. The van der Waals surface area contributed by atoms with Gasteiger partial charge in [0.1, 0.15) is 0 Å². The normalized spacial score (nSPS) is 6.60. The summed E-state index contributed by atoms with van der Waals surface area (Å²) in [5.74, 6) is 0. The minimum Gasteiger partial charge on any atom is -0.412 e. The fourth-order valence-corrected chi connectivity index (χ4v) is 0.602. The molecule has 5 heteroatoms. The van der Waals surface area contributed by atoms with Gasteiger partial charge >= 0.3 is 0 Å². The lowest BCUT2D eigenvalue weighted by Gasteiger charge is -1.92. The van der Waals surface area contributed by atoms with Crippen molar-refractivity contribution < 1.29 is 21.0 Å². The van der Waals surface area contributed by atoms with E-state index in [4.69, 9.17) is 4.52 Å². The van der Waals surface area contributed by atoms with Crippen molar-refractivity contribution in [1.82, 2.24) is 0 Å². The SMILES string of the molecule is CCCCCOP.O.O.O. The van der Waals surface area contributed by atoms with Gasteiger partial charge in [0.15, 0.2) is 0 Å². The van der Waals surface area contributed by atoms with Gasteiger partial charge in [0.2, 0.25) is 0 Å². The zero-order valence-electron chi connectivity index (χ0n) is 6.31. The Hall–Kier alpha value is 0.270. The van der Waals surface area contributed by atoms with Crippen molar-refractivity contribution in [2.45, 2.75) is 26.2 Å². The molecule has 0 aromatic heterocycles. The number of unbranched alkanes of at least 4 members (excludes halogenated alkanes) is 2. The van der Waals surface area contributed by atoms with Crippen molar-refractivity contribution >= 4 is 9.47 Å². The van der Waals surface area contributed by atoms with E-state index in [-0.39, 0.29) is 16.4 Å². The lowest BCUT2D eigenvalue weighted by atomic mass is 10.3. The highest BCUT2D eigenvalue weighted by molar-refractivity contribution is 7.09. The maximum absolute atomic E-state index is 4.76. The van der Waals surface area contributed by atoms with Crippen molar-refractivity contribution in [3.8, 4) is 0 Å². The standard InChI is InChI=1S/C5H13OP.3H2O/c1-2-3-4-5-6-7;;;/h2-5,7H2,1H3;3*1H2. The van der Waals surface area contributed by atoms with Gasteiger partial charge in [0.05, 0.1) is 6.61 Å². The summed E-state index contributed by atoms with van der Waals surface area (Å²) >= 11 is 0. The fourth-order valence-electron chi connectivity index (χ4n) is 0.435. The highest BCUT2D eigenvalue weighted by Crippen LogP contribution is 1.95. The second kappa shape index (κ2) is 22.8. The summed E-state index contributed by atoms with van der Waals surface area (Å²) in [6.45, 7) is 3.07. The van der Waals surface area contributed by atoms with E-state index in [0.29, 0.717) is 0 Å². The van der Waals surface area contributed by atoms with Crippen LogP contribution in [0.15, 0.2) is 0 Å². The Labute approximate surface area is 64.2 Å². The van der Waals surface area contributed by atoms with Crippen molar-refractivity contribution in [2.75, 3.05) is 6.61 Å². The first kappa shape index (κ1) is 22.4. The Morgan fingerprint density at radius 1 is 1.10 bits per heavy atom. The molecular weight excluding hydrogens is 155 g/mol. The van der Waals surface area contributed by atoms with Gasteiger partial charge in [-0.2, -0.15) is 0 Å². The molecule has 1 unspecified atom stereocenters. The summed E-state index contributed by atoms with van der Waals surface area (Å²) in [6.07, 6.45) is 3.75. The molecule has 0 saturated heterocycles. The molecular formula is C5H19O4P. The summed E-state index contributed by atoms with van der Waals surface area (Å²) in [6, 6.07) is 0. The molecule has 0 rings (SSSR count). The van der Waals surface area contributed by atoms with Gasteiger partial charge in [-0.15, -0.1) is 0 Å². The molecule has 0 amide bonds. The topological polar surface area (TPSA) is 104 Å². The van der Waals surface area contributed by atoms with Crippen LogP contribution < -0.4 is 0 Å². The Bertz CT molecular complexity index is 32.8. The molecule has 0 fully saturated rings. The highest BCUT2D eigenvalue weighted by atomic mass is 31.0. The van der Waals surface area contributed by atoms with Crippen LogP contribution in [0.1, 0.15) is 26.2 Å². The summed E-state index contributed by atoms with van der Waals surface area (Å²) in [4.78, 5) is 0. The van der Waals surface area contributed by atoms with E-state index >= 15 is 0 Å². The van der Waals surface area contributed by atoms with Crippen LogP contribution in [0.3, 0.4) is 0 Å². The van der Waals surface area contributed by atoms with Gasteiger partial charge in [-0.1, -0.05) is 19.8 Å². The minimum atomic E-state index is 0. The quantitative estimate of drug-likeness (QED) is 0.416. The van der Waals surface area contributed by atoms with Crippen molar-refractivity contribution in [3.63, 3.8) is 0 Å². The second-order valence-electron chi connectivity index (χ2n) is 1.58. The molecule has 0 aliphatic rings. The van der Waals surface area contributed by atoms with E-state index in [1.807, 2.05) is 0 Å². The molecule has 6 N–H and O–H groups in total. The predicted octanol–water partition coefficient (Wildman–Crippen LogP) is -0.491. The van der Waals surface area contributed by atoms with Crippen LogP contribution in [-0.4, -0.2) is 23.0 Å². The maximum Gasteiger partial charge on any atom is 0.0501 e. The Morgan fingerprint density at radius 3 is 1.90 bits per heavy atom. The Morgan fingerprint density at radius 2 is 1.60 bits per heavy atom. The summed E-state index contributed by atoms with van der Waals surface area (Å²) in [5, 5.41) is 0. The molecule has 68 valence electrons. The van der Waals surface area contributed by atoms with Crippen molar-refractivity contribution in [1.29, 1.82) is 0 Å². The molecule has 0 aromatic carbocycles. The zero-order valence-corrected chi connectivity index (χ0v) is 7.47. The van der Waals surface area contributed by atoms with Crippen LogP contribution in [0.2, 0.25) is 0 Å². The predicted molar refractivity (Wildman–Crippen MR) is 46.0 cm³/mol. The third-order valence-corrected chi connectivity index (χ3v) is 1.10. The lowest BCUT2D eigenvalue weighted by Crippen LogP contribution is -1.80. The Balaban J connectivity index is -0.0000000600. The van der Waals surface area contributed by atoms with E-state index in [2.05, 4.69) is 16.4 Å². The van der Waals surface area contributed by atoms with Crippen LogP contribution in [0.25, 0.3) is 0 Å². The average molecular weight is 174 g/mol. The number of rotatable bonds is 4. The van der Waals surface area contributed by atoms with E-state index in [9.17, 15) is 0 Å². The molecule has 0 aliphatic heterocycles. The second-order valence-corrected chi connectivity index (χ2v) is 1.91. The minimum absolute atomic E-state index is 0. The van der Waals surface area contributed by atoms with Gasteiger partial charge < -0.3 is 21.0 Å². The maximum atomic E-state index is 4.76. The molecule has 10 heavy (non-hydrogen) atoms. The molecule has 4 nitrogen and oxygen atoms in total. The first-order chi connectivity index (χ1) is 3.41. The molecule has 0 radical (unpaired) electrons. The third kappa shape index (κ3) is 24.0. The summed E-state index contributed by atoms with van der Waals surface area (Å²) in [7, 11) is 2.25. The number of hydrogen-bond acceptors (Lipinski definition) is 1. The van der Waals surface area contributed by atoms with Gasteiger partial charge in [-0.25, -0.2) is 0 Å².